The molecule has 0 aliphatic carbocycles. The van der Waals surface area contributed by atoms with Crippen molar-refractivity contribution in [3.8, 4) is 0 Å². The molecular formula is C18H14F6O2. The van der Waals surface area contributed by atoms with Crippen LogP contribution < -0.4 is 0 Å². The van der Waals surface area contributed by atoms with Crippen LogP contribution in [0.4, 0.5) is 26.3 Å². The van der Waals surface area contributed by atoms with Crippen LogP contribution >= 0.6 is 0 Å². The third kappa shape index (κ3) is 4.07. The lowest BCUT2D eigenvalue weighted by Gasteiger charge is -2.31. The van der Waals surface area contributed by atoms with Crippen molar-refractivity contribution in [2.45, 2.75) is 31.3 Å². The van der Waals surface area contributed by atoms with Gasteiger partial charge < -0.3 is 5.11 Å². The Morgan fingerprint density at radius 3 is 1.96 bits per heavy atom. The monoisotopic (exact) mass is 376 g/mol. The van der Waals surface area contributed by atoms with Gasteiger partial charge in [0.1, 0.15) is 0 Å². The second-order valence-electron chi connectivity index (χ2n) is 5.90. The summed E-state index contributed by atoms with van der Waals surface area (Å²) in [6.07, 6.45) is -11.7. The highest BCUT2D eigenvalue weighted by Gasteiger charge is 2.56. The van der Waals surface area contributed by atoms with Crippen molar-refractivity contribution in [2.24, 2.45) is 0 Å². The van der Waals surface area contributed by atoms with E-state index in [9.17, 15) is 36.2 Å². The summed E-state index contributed by atoms with van der Waals surface area (Å²) in [6, 6.07) is 7.85. The summed E-state index contributed by atoms with van der Waals surface area (Å²) < 4.78 is 78.8. The van der Waals surface area contributed by atoms with Gasteiger partial charge in [0.2, 0.25) is 0 Å². The Balaban J connectivity index is 2.46. The van der Waals surface area contributed by atoms with Gasteiger partial charge in [0, 0.05) is 5.56 Å². The van der Waals surface area contributed by atoms with Gasteiger partial charge in [-0.1, -0.05) is 42.0 Å². The zero-order valence-corrected chi connectivity index (χ0v) is 13.4. The van der Waals surface area contributed by atoms with Crippen molar-refractivity contribution in [2.75, 3.05) is 0 Å². The fourth-order valence-electron chi connectivity index (χ4n) is 2.39. The molecule has 26 heavy (non-hydrogen) atoms. The molecule has 1 unspecified atom stereocenters. The number of alkyl halides is 6. The van der Waals surface area contributed by atoms with E-state index >= 15 is 0 Å². The Morgan fingerprint density at radius 2 is 1.46 bits per heavy atom. The molecule has 0 saturated carbocycles. The van der Waals surface area contributed by atoms with Crippen LogP contribution in [0.15, 0.2) is 48.5 Å². The average Bonchev–Trinajstić information content (AvgIpc) is 2.53. The molecule has 2 aromatic carbocycles. The molecule has 0 spiro atoms. The molecule has 140 valence electrons. The van der Waals surface area contributed by atoms with Crippen molar-refractivity contribution in [3.05, 3.63) is 70.8 Å². The van der Waals surface area contributed by atoms with Crippen LogP contribution in [0.3, 0.4) is 0 Å². The van der Waals surface area contributed by atoms with E-state index in [0.717, 1.165) is 11.6 Å². The molecule has 0 aliphatic rings. The maximum atomic E-state index is 13.5. The third-order valence-corrected chi connectivity index (χ3v) is 3.93. The van der Waals surface area contributed by atoms with E-state index in [0.29, 0.717) is 12.1 Å². The number of carbonyl (C=O) groups is 1. The van der Waals surface area contributed by atoms with E-state index in [-0.39, 0.29) is 11.6 Å². The number of hydrogen-bond acceptors (Lipinski definition) is 2. The topological polar surface area (TPSA) is 37.3 Å². The molecule has 0 aliphatic heterocycles. The molecule has 0 heterocycles. The summed E-state index contributed by atoms with van der Waals surface area (Å²) >= 11 is 0. The normalized spacial score (nSPS) is 14.8. The van der Waals surface area contributed by atoms with Crippen LogP contribution in [0.25, 0.3) is 0 Å². The van der Waals surface area contributed by atoms with Crippen LogP contribution in [0.1, 0.15) is 33.5 Å². The van der Waals surface area contributed by atoms with E-state index in [1.165, 1.54) is 24.3 Å². The zero-order chi connectivity index (χ0) is 19.8. The maximum absolute atomic E-state index is 13.5. The number of ketones is 1. The third-order valence-electron chi connectivity index (χ3n) is 3.93. The average molecular weight is 376 g/mol. The summed E-state index contributed by atoms with van der Waals surface area (Å²) in [5, 5.41) is 10.2. The quantitative estimate of drug-likeness (QED) is 0.600. The second-order valence-corrected chi connectivity index (χ2v) is 5.90. The van der Waals surface area contributed by atoms with E-state index < -0.39 is 41.3 Å². The second kappa shape index (κ2) is 6.75. The lowest BCUT2D eigenvalue weighted by molar-refractivity contribution is -0.265. The van der Waals surface area contributed by atoms with Crippen molar-refractivity contribution in [1.82, 2.24) is 0 Å². The predicted octanol–water partition coefficient (Wildman–Crippen LogP) is 5.04. The van der Waals surface area contributed by atoms with Gasteiger partial charge >= 0.3 is 12.4 Å². The van der Waals surface area contributed by atoms with E-state index in [1.54, 1.807) is 6.92 Å². The molecule has 8 heteroatoms. The Labute approximate surface area is 145 Å². The van der Waals surface area contributed by atoms with Gasteiger partial charge in [0.25, 0.3) is 0 Å². The number of hydrogen-bond donors (Lipinski definition) is 1. The highest BCUT2D eigenvalue weighted by Crippen LogP contribution is 2.43. The molecule has 1 N–H and O–H groups in total. The Hall–Kier alpha value is -2.35. The van der Waals surface area contributed by atoms with Gasteiger partial charge in [-0.2, -0.15) is 26.3 Å². The van der Waals surface area contributed by atoms with Crippen LogP contribution in [-0.4, -0.2) is 17.1 Å². The van der Waals surface area contributed by atoms with Gasteiger partial charge in [-0.3, -0.25) is 4.79 Å². The number of benzene rings is 2. The minimum absolute atomic E-state index is 0.0785. The molecule has 0 amide bonds. The molecule has 0 radical (unpaired) electrons. The van der Waals surface area contributed by atoms with Crippen molar-refractivity contribution in [3.63, 3.8) is 0 Å². The smallest absolute Gasteiger partial charge is 0.376 e. The molecule has 0 saturated heterocycles. The van der Waals surface area contributed by atoms with Gasteiger partial charge in [-0.15, -0.1) is 0 Å². The Morgan fingerprint density at radius 1 is 0.923 bits per heavy atom. The zero-order valence-electron chi connectivity index (χ0n) is 13.4. The van der Waals surface area contributed by atoms with E-state index in [2.05, 4.69) is 0 Å². The van der Waals surface area contributed by atoms with Gasteiger partial charge in [0.05, 0.1) is 12.0 Å². The summed E-state index contributed by atoms with van der Waals surface area (Å²) in [5.41, 5.74) is -5.44. The summed E-state index contributed by atoms with van der Waals surface area (Å²) in [7, 11) is 0. The predicted molar refractivity (Wildman–Crippen MR) is 81.5 cm³/mol. The maximum Gasteiger partial charge on any atom is 0.421 e. The number of rotatable bonds is 4. The summed E-state index contributed by atoms with van der Waals surface area (Å²) in [4.78, 5) is 12.2. The van der Waals surface area contributed by atoms with Gasteiger partial charge in [-0.05, 0) is 24.6 Å². The highest BCUT2D eigenvalue weighted by molar-refractivity contribution is 5.96. The molecule has 0 aromatic heterocycles. The largest absolute Gasteiger partial charge is 0.421 e. The lowest BCUT2D eigenvalue weighted by atomic mass is 9.85. The van der Waals surface area contributed by atoms with Gasteiger partial charge in [0.15, 0.2) is 11.4 Å². The molecule has 2 nitrogen and oxygen atoms in total. The molecule has 0 fully saturated rings. The Bertz CT molecular complexity index is 793. The van der Waals surface area contributed by atoms with Crippen LogP contribution in [-0.2, 0) is 11.8 Å². The number of Topliss-reactive ketones (excluding diaryl/α,β-unsaturated/α-hetero) is 1. The molecule has 0 bridgehead atoms. The van der Waals surface area contributed by atoms with Gasteiger partial charge in [-0.25, -0.2) is 0 Å². The first-order valence-corrected chi connectivity index (χ1v) is 7.41. The molecule has 2 rings (SSSR count). The van der Waals surface area contributed by atoms with Crippen LogP contribution in [0.2, 0.25) is 0 Å². The molecular weight excluding hydrogens is 362 g/mol. The van der Waals surface area contributed by atoms with Crippen LogP contribution in [0, 0.1) is 6.92 Å². The van der Waals surface area contributed by atoms with E-state index in [1.807, 2.05) is 0 Å². The van der Waals surface area contributed by atoms with Crippen molar-refractivity contribution < 1.29 is 36.2 Å². The number of aliphatic hydroxyl groups is 1. The number of carbonyl (C=O) groups excluding carboxylic acids is 1. The minimum Gasteiger partial charge on any atom is -0.376 e. The standard InChI is InChI=1S/C18H14F6O2/c1-11-5-7-12(8-6-11)15(25)10-16(26,18(22,23)24)13-3-2-4-14(9-13)17(19,20)21/h2-9,26H,10H2,1H3. The first-order chi connectivity index (χ1) is 11.8. The molecule has 1 atom stereocenters. The Kier molecular flexibility index (Phi) is 5.19. The lowest BCUT2D eigenvalue weighted by Crippen LogP contribution is -2.44. The summed E-state index contributed by atoms with van der Waals surface area (Å²) in [5.74, 6) is -1.04. The highest BCUT2D eigenvalue weighted by atomic mass is 19.4. The van der Waals surface area contributed by atoms with Crippen molar-refractivity contribution in [1.29, 1.82) is 0 Å². The number of halogens is 6. The van der Waals surface area contributed by atoms with E-state index in [4.69, 9.17) is 0 Å². The summed E-state index contributed by atoms with van der Waals surface area (Å²) in [6.45, 7) is 1.71. The molecule has 2 aromatic rings. The first-order valence-electron chi connectivity index (χ1n) is 7.41. The minimum atomic E-state index is -5.35. The van der Waals surface area contributed by atoms with Crippen molar-refractivity contribution >= 4 is 5.78 Å². The fraction of sp³-hybridized carbons (Fsp3) is 0.278. The van der Waals surface area contributed by atoms with Crippen LogP contribution in [0.5, 0.6) is 0 Å². The number of aryl methyl sites for hydroxylation is 1. The first kappa shape index (κ1) is 20.0. The fourth-order valence-corrected chi connectivity index (χ4v) is 2.39. The SMILES string of the molecule is Cc1ccc(C(=O)CC(O)(c2cccc(C(F)(F)F)c2)C(F)(F)F)cc1.